The van der Waals surface area contributed by atoms with Crippen LogP contribution in [-0.4, -0.2) is 50.3 Å². The minimum Gasteiger partial charge on any atom is -0.383 e. The Kier molecular flexibility index (Phi) is 7.01. The van der Waals surface area contributed by atoms with Gasteiger partial charge in [0.1, 0.15) is 0 Å². The topological polar surface area (TPSA) is 24.5 Å². The summed E-state index contributed by atoms with van der Waals surface area (Å²) in [4.78, 5) is 2.51. The van der Waals surface area contributed by atoms with Crippen LogP contribution < -0.4 is 5.32 Å². The molecule has 0 aromatic heterocycles. The Balaban J connectivity index is 2.21. The van der Waals surface area contributed by atoms with Gasteiger partial charge in [0.05, 0.1) is 6.61 Å². The lowest BCUT2D eigenvalue weighted by molar-refractivity contribution is 0.0988. The molecule has 96 valence electrons. The lowest BCUT2D eigenvalue weighted by atomic mass is 10.0. The van der Waals surface area contributed by atoms with Crippen LogP contribution in [0, 0.1) is 0 Å². The van der Waals surface area contributed by atoms with E-state index in [-0.39, 0.29) is 0 Å². The van der Waals surface area contributed by atoms with Crippen molar-refractivity contribution in [2.45, 2.75) is 51.6 Å². The van der Waals surface area contributed by atoms with Gasteiger partial charge in [-0.05, 0) is 45.8 Å². The molecule has 0 aliphatic carbocycles. The van der Waals surface area contributed by atoms with Gasteiger partial charge in [-0.1, -0.05) is 13.3 Å². The van der Waals surface area contributed by atoms with Crippen molar-refractivity contribution in [3.8, 4) is 0 Å². The highest BCUT2D eigenvalue weighted by Crippen LogP contribution is 2.11. The van der Waals surface area contributed by atoms with Crippen molar-refractivity contribution in [3.63, 3.8) is 0 Å². The summed E-state index contributed by atoms with van der Waals surface area (Å²) >= 11 is 0. The zero-order valence-corrected chi connectivity index (χ0v) is 11.2. The molecule has 1 rings (SSSR count). The number of methoxy groups -OCH3 is 1. The first kappa shape index (κ1) is 13.9. The molecule has 0 aromatic carbocycles. The molecule has 0 aromatic rings. The molecule has 3 nitrogen and oxygen atoms in total. The van der Waals surface area contributed by atoms with Crippen LogP contribution in [0.2, 0.25) is 0 Å². The van der Waals surface area contributed by atoms with E-state index in [1.54, 1.807) is 7.11 Å². The van der Waals surface area contributed by atoms with Crippen LogP contribution in [0.25, 0.3) is 0 Å². The molecule has 0 saturated carbocycles. The first-order valence-electron chi connectivity index (χ1n) is 6.74. The average Bonchev–Trinajstić information content (AvgIpc) is 2.31. The van der Waals surface area contributed by atoms with Crippen LogP contribution in [0.4, 0.5) is 0 Å². The molecule has 0 radical (unpaired) electrons. The number of hydrogen-bond acceptors (Lipinski definition) is 3. The molecule has 16 heavy (non-hydrogen) atoms. The predicted octanol–water partition coefficient (Wildman–Crippen LogP) is 1.88. The highest BCUT2D eigenvalue weighted by atomic mass is 16.5. The van der Waals surface area contributed by atoms with Crippen LogP contribution in [-0.2, 0) is 4.74 Å². The zero-order chi connectivity index (χ0) is 11.8. The minimum absolute atomic E-state index is 0.540. The van der Waals surface area contributed by atoms with Crippen LogP contribution in [0.3, 0.4) is 0 Å². The molecule has 1 fully saturated rings. The molecule has 1 heterocycles. The summed E-state index contributed by atoms with van der Waals surface area (Å²) in [5.74, 6) is 0. The first-order chi connectivity index (χ1) is 7.77. The monoisotopic (exact) mass is 228 g/mol. The molecule has 0 spiro atoms. The van der Waals surface area contributed by atoms with Crippen molar-refractivity contribution < 1.29 is 4.74 Å². The van der Waals surface area contributed by atoms with E-state index >= 15 is 0 Å². The standard InChI is InChI=1S/C13H28N2O/c1-4-15(12(2)11-16-3)10-8-13-7-5-6-9-14-13/h12-14H,4-11H2,1-3H3. The van der Waals surface area contributed by atoms with Gasteiger partial charge in [0.15, 0.2) is 0 Å². The van der Waals surface area contributed by atoms with Crippen molar-refractivity contribution in [1.82, 2.24) is 10.2 Å². The molecule has 1 N–H and O–H groups in total. The van der Waals surface area contributed by atoms with Crippen LogP contribution in [0.15, 0.2) is 0 Å². The van der Waals surface area contributed by atoms with E-state index in [1.165, 1.54) is 38.8 Å². The van der Waals surface area contributed by atoms with Crippen molar-refractivity contribution >= 4 is 0 Å². The third kappa shape index (κ3) is 4.81. The number of nitrogens with one attached hydrogen (secondary N) is 1. The Bertz CT molecular complexity index is 169. The fourth-order valence-corrected chi connectivity index (χ4v) is 2.53. The molecule has 1 aliphatic rings. The van der Waals surface area contributed by atoms with Crippen LogP contribution in [0.5, 0.6) is 0 Å². The van der Waals surface area contributed by atoms with E-state index in [4.69, 9.17) is 4.74 Å². The second-order valence-electron chi connectivity index (χ2n) is 4.87. The van der Waals surface area contributed by atoms with E-state index in [2.05, 4.69) is 24.1 Å². The highest BCUT2D eigenvalue weighted by molar-refractivity contribution is 4.75. The number of likely N-dealkylation sites (N-methyl/N-ethyl adjacent to an activating group) is 1. The van der Waals surface area contributed by atoms with Gasteiger partial charge in [0, 0.05) is 19.2 Å². The van der Waals surface area contributed by atoms with E-state index < -0.39 is 0 Å². The molecule has 2 unspecified atom stereocenters. The Morgan fingerprint density at radius 3 is 2.81 bits per heavy atom. The maximum absolute atomic E-state index is 5.22. The Labute approximate surface area is 101 Å². The maximum atomic E-state index is 5.22. The largest absolute Gasteiger partial charge is 0.383 e. The lowest BCUT2D eigenvalue weighted by Crippen LogP contribution is -2.41. The first-order valence-corrected chi connectivity index (χ1v) is 6.74. The summed E-state index contributed by atoms with van der Waals surface area (Å²) in [6, 6.07) is 1.29. The molecule has 0 bridgehead atoms. The molecule has 2 atom stereocenters. The average molecular weight is 228 g/mol. The van der Waals surface area contributed by atoms with Crippen LogP contribution >= 0.6 is 0 Å². The van der Waals surface area contributed by atoms with Crippen molar-refractivity contribution in [3.05, 3.63) is 0 Å². The molecular formula is C13H28N2O. The van der Waals surface area contributed by atoms with Gasteiger partial charge in [-0.15, -0.1) is 0 Å². The van der Waals surface area contributed by atoms with Crippen molar-refractivity contribution in [1.29, 1.82) is 0 Å². The Morgan fingerprint density at radius 1 is 1.44 bits per heavy atom. The Hall–Kier alpha value is -0.120. The van der Waals surface area contributed by atoms with E-state index in [1.807, 2.05) is 0 Å². The van der Waals surface area contributed by atoms with Gasteiger partial charge >= 0.3 is 0 Å². The molecule has 1 saturated heterocycles. The van der Waals surface area contributed by atoms with Crippen molar-refractivity contribution in [2.75, 3.05) is 33.4 Å². The number of nitrogens with zero attached hydrogens (tertiary/aromatic N) is 1. The zero-order valence-electron chi connectivity index (χ0n) is 11.2. The summed E-state index contributed by atoms with van der Waals surface area (Å²) in [7, 11) is 1.78. The normalized spacial score (nSPS) is 23.6. The summed E-state index contributed by atoms with van der Waals surface area (Å²) in [5.41, 5.74) is 0. The van der Waals surface area contributed by atoms with Crippen LogP contribution in [0.1, 0.15) is 39.5 Å². The summed E-state index contributed by atoms with van der Waals surface area (Å²) < 4.78 is 5.22. The van der Waals surface area contributed by atoms with E-state index in [0.29, 0.717) is 6.04 Å². The van der Waals surface area contributed by atoms with E-state index in [9.17, 15) is 0 Å². The fraction of sp³-hybridized carbons (Fsp3) is 1.00. The smallest absolute Gasteiger partial charge is 0.0615 e. The summed E-state index contributed by atoms with van der Waals surface area (Å²) in [6.45, 7) is 8.86. The van der Waals surface area contributed by atoms with Gasteiger partial charge in [0.25, 0.3) is 0 Å². The fourth-order valence-electron chi connectivity index (χ4n) is 2.53. The van der Waals surface area contributed by atoms with Crippen molar-refractivity contribution in [2.24, 2.45) is 0 Å². The van der Waals surface area contributed by atoms with Gasteiger partial charge in [0.2, 0.25) is 0 Å². The van der Waals surface area contributed by atoms with Gasteiger partial charge in [-0.25, -0.2) is 0 Å². The molecule has 3 heteroatoms. The predicted molar refractivity (Wildman–Crippen MR) is 68.8 cm³/mol. The molecular weight excluding hydrogens is 200 g/mol. The SMILES string of the molecule is CCN(CCC1CCCCN1)C(C)COC. The highest BCUT2D eigenvalue weighted by Gasteiger charge is 2.16. The molecule has 0 amide bonds. The second-order valence-corrected chi connectivity index (χ2v) is 4.87. The molecule has 1 aliphatic heterocycles. The van der Waals surface area contributed by atoms with Gasteiger partial charge in [-0.2, -0.15) is 0 Å². The quantitative estimate of drug-likeness (QED) is 0.720. The third-order valence-electron chi connectivity index (χ3n) is 3.61. The second kappa shape index (κ2) is 8.04. The number of rotatable bonds is 7. The number of piperidine rings is 1. The Morgan fingerprint density at radius 2 is 2.25 bits per heavy atom. The lowest BCUT2D eigenvalue weighted by Gasteiger charge is -2.30. The number of hydrogen-bond donors (Lipinski definition) is 1. The third-order valence-corrected chi connectivity index (χ3v) is 3.61. The summed E-state index contributed by atoms with van der Waals surface area (Å²) in [6.07, 6.45) is 5.39. The maximum Gasteiger partial charge on any atom is 0.0615 e. The number of ether oxygens (including phenoxy) is 1. The minimum atomic E-state index is 0.540. The van der Waals surface area contributed by atoms with E-state index in [0.717, 1.165) is 19.2 Å². The van der Waals surface area contributed by atoms with Gasteiger partial charge in [-0.3, -0.25) is 4.90 Å². The summed E-state index contributed by atoms with van der Waals surface area (Å²) in [5, 5.41) is 3.61. The van der Waals surface area contributed by atoms with Gasteiger partial charge < -0.3 is 10.1 Å².